The number of ether oxygens (including phenoxy) is 1. The number of hydrogen-bond acceptors (Lipinski definition) is 6. The van der Waals surface area contributed by atoms with Crippen LogP contribution in [0.4, 0.5) is 10.1 Å². The molecule has 0 radical (unpaired) electrons. The van der Waals surface area contributed by atoms with Crippen LogP contribution in [0.3, 0.4) is 0 Å². The fourth-order valence-electron chi connectivity index (χ4n) is 3.10. The molecule has 2 aliphatic heterocycles. The van der Waals surface area contributed by atoms with E-state index in [2.05, 4.69) is 10.5 Å². The number of amides is 2. The zero-order chi connectivity index (χ0) is 19.0. The van der Waals surface area contributed by atoms with E-state index in [0.717, 1.165) is 22.6 Å². The number of rotatable bonds is 4. The number of carbonyl (C=O) groups excluding carboxylic acids is 3. The van der Waals surface area contributed by atoms with Crippen molar-refractivity contribution in [3.63, 3.8) is 0 Å². The van der Waals surface area contributed by atoms with Crippen molar-refractivity contribution in [3.8, 4) is 0 Å². The van der Waals surface area contributed by atoms with Gasteiger partial charge in [-0.3, -0.25) is 15.0 Å². The van der Waals surface area contributed by atoms with Crippen LogP contribution in [0.2, 0.25) is 0 Å². The average molecular weight is 367 g/mol. The molecule has 2 aliphatic rings. The number of halogens is 1. The highest BCUT2D eigenvalue weighted by Gasteiger charge is 2.55. The van der Waals surface area contributed by atoms with Crippen LogP contribution in [0.15, 0.2) is 59.7 Å². The smallest absolute Gasteiger partial charge is 0.355 e. The van der Waals surface area contributed by atoms with Gasteiger partial charge in [0.05, 0.1) is 5.69 Å². The van der Waals surface area contributed by atoms with Crippen LogP contribution in [0.5, 0.6) is 0 Å². The van der Waals surface area contributed by atoms with Crippen molar-refractivity contribution in [3.05, 3.63) is 66.0 Å². The summed E-state index contributed by atoms with van der Waals surface area (Å²) in [4.78, 5) is 38.6. The molecule has 2 atom stereocenters. The van der Waals surface area contributed by atoms with E-state index >= 15 is 0 Å². The SMILES string of the molecule is O=C(OCc1ccccc1)C1=NN[C@@H]2C(=O)N(c3ccc(F)cc3)C(=O)[C@H]12. The van der Waals surface area contributed by atoms with Gasteiger partial charge < -0.3 is 4.74 Å². The summed E-state index contributed by atoms with van der Waals surface area (Å²) in [5.41, 5.74) is 3.42. The lowest BCUT2D eigenvalue weighted by atomic mass is 9.99. The standard InChI is InChI=1S/C19H14FN3O4/c20-12-6-8-13(9-7-12)23-17(24)14-15(18(23)25)21-22-16(14)19(26)27-10-11-4-2-1-3-5-11/h1-9,14-15,21H,10H2/t14-,15-/m0/s1. The first-order valence-corrected chi connectivity index (χ1v) is 8.24. The molecule has 1 N–H and O–H groups in total. The van der Waals surface area contributed by atoms with Crippen molar-refractivity contribution in [1.29, 1.82) is 0 Å². The summed E-state index contributed by atoms with van der Waals surface area (Å²) in [6.07, 6.45) is 0. The largest absolute Gasteiger partial charge is 0.456 e. The molecule has 8 heteroatoms. The minimum atomic E-state index is -1.06. The van der Waals surface area contributed by atoms with Crippen LogP contribution >= 0.6 is 0 Å². The van der Waals surface area contributed by atoms with E-state index in [1.54, 1.807) is 12.1 Å². The van der Waals surface area contributed by atoms with Crippen LogP contribution in [0.25, 0.3) is 0 Å². The first-order valence-electron chi connectivity index (χ1n) is 8.24. The highest BCUT2D eigenvalue weighted by Crippen LogP contribution is 2.31. The molecular formula is C19H14FN3O4. The lowest BCUT2D eigenvalue weighted by Gasteiger charge is -2.15. The maximum Gasteiger partial charge on any atom is 0.355 e. The fraction of sp³-hybridized carbons (Fsp3) is 0.158. The summed E-state index contributed by atoms with van der Waals surface area (Å²) in [5.74, 6) is -3.46. The highest BCUT2D eigenvalue weighted by molar-refractivity contribution is 6.46. The minimum absolute atomic E-state index is 0.0277. The molecule has 0 saturated carbocycles. The molecule has 0 aliphatic carbocycles. The molecule has 2 heterocycles. The van der Waals surface area contributed by atoms with E-state index in [0.29, 0.717) is 0 Å². The Hall–Kier alpha value is -3.55. The van der Waals surface area contributed by atoms with Crippen molar-refractivity contribution in [2.45, 2.75) is 12.6 Å². The number of esters is 1. The van der Waals surface area contributed by atoms with Crippen molar-refractivity contribution < 1.29 is 23.5 Å². The Kier molecular flexibility index (Phi) is 4.15. The zero-order valence-corrected chi connectivity index (χ0v) is 14.0. The Balaban J connectivity index is 1.51. The average Bonchev–Trinajstić information content (AvgIpc) is 3.22. The van der Waals surface area contributed by atoms with Gasteiger partial charge in [0.1, 0.15) is 24.4 Å². The predicted molar refractivity (Wildman–Crippen MR) is 93.0 cm³/mol. The maximum atomic E-state index is 13.1. The molecular weight excluding hydrogens is 353 g/mol. The number of carbonyl (C=O) groups is 3. The van der Waals surface area contributed by atoms with E-state index in [4.69, 9.17) is 4.74 Å². The van der Waals surface area contributed by atoms with Gasteiger partial charge in [0.2, 0.25) is 5.91 Å². The maximum absolute atomic E-state index is 13.1. The molecule has 1 saturated heterocycles. The summed E-state index contributed by atoms with van der Waals surface area (Å²) in [6.45, 7) is 0.0277. The Morgan fingerprint density at radius 2 is 1.78 bits per heavy atom. The molecule has 2 amide bonds. The van der Waals surface area contributed by atoms with Gasteiger partial charge in [0.25, 0.3) is 5.91 Å². The summed E-state index contributed by atoms with van der Waals surface area (Å²) in [5, 5.41) is 3.84. The number of nitrogens with one attached hydrogen (secondary N) is 1. The first kappa shape index (κ1) is 16.9. The van der Waals surface area contributed by atoms with Crippen LogP contribution in [-0.4, -0.2) is 29.5 Å². The van der Waals surface area contributed by atoms with Crippen molar-refractivity contribution in [2.75, 3.05) is 4.90 Å². The topological polar surface area (TPSA) is 88.1 Å². The number of benzene rings is 2. The summed E-state index contributed by atoms with van der Waals surface area (Å²) >= 11 is 0. The molecule has 0 spiro atoms. The summed E-state index contributed by atoms with van der Waals surface area (Å²) in [6, 6.07) is 13.1. The van der Waals surface area contributed by atoms with Crippen molar-refractivity contribution in [2.24, 2.45) is 11.0 Å². The fourth-order valence-corrected chi connectivity index (χ4v) is 3.10. The van der Waals surface area contributed by atoms with E-state index in [-0.39, 0.29) is 18.0 Å². The van der Waals surface area contributed by atoms with Crippen molar-refractivity contribution >= 4 is 29.2 Å². The molecule has 4 rings (SSSR count). The van der Waals surface area contributed by atoms with Gasteiger partial charge in [-0.1, -0.05) is 30.3 Å². The van der Waals surface area contributed by atoms with E-state index in [1.807, 2.05) is 18.2 Å². The highest BCUT2D eigenvalue weighted by atomic mass is 19.1. The second-order valence-electron chi connectivity index (χ2n) is 6.13. The molecule has 7 nitrogen and oxygen atoms in total. The normalized spacial score (nSPS) is 20.9. The Labute approximate surface area is 153 Å². The van der Waals surface area contributed by atoms with Gasteiger partial charge in [-0.25, -0.2) is 14.1 Å². The molecule has 0 aromatic heterocycles. The number of anilines is 1. The van der Waals surface area contributed by atoms with E-state index < -0.39 is 35.6 Å². The third-order valence-electron chi connectivity index (χ3n) is 4.43. The molecule has 0 bridgehead atoms. The van der Waals surface area contributed by atoms with Gasteiger partial charge in [-0.15, -0.1) is 0 Å². The third kappa shape index (κ3) is 2.95. The predicted octanol–water partition coefficient (Wildman–Crippen LogP) is 1.39. The Bertz CT molecular complexity index is 943. The van der Waals surface area contributed by atoms with Crippen molar-refractivity contribution in [1.82, 2.24) is 5.43 Å². The van der Waals surface area contributed by atoms with Gasteiger partial charge in [-0.05, 0) is 29.8 Å². The van der Waals surface area contributed by atoms with E-state index in [9.17, 15) is 18.8 Å². The van der Waals surface area contributed by atoms with Gasteiger partial charge in [0.15, 0.2) is 5.71 Å². The number of hydrogen-bond donors (Lipinski definition) is 1. The first-order chi connectivity index (χ1) is 13.1. The number of nitrogens with zero attached hydrogens (tertiary/aromatic N) is 2. The van der Waals surface area contributed by atoms with Crippen LogP contribution in [-0.2, 0) is 25.7 Å². The second-order valence-corrected chi connectivity index (χ2v) is 6.13. The monoisotopic (exact) mass is 367 g/mol. The zero-order valence-electron chi connectivity index (χ0n) is 14.0. The van der Waals surface area contributed by atoms with Crippen LogP contribution in [0, 0.1) is 11.7 Å². The Morgan fingerprint density at radius 1 is 1.07 bits per heavy atom. The molecule has 2 aromatic carbocycles. The number of fused-ring (bicyclic) bond motifs is 1. The van der Waals surface area contributed by atoms with E-state index in [1.165, 1.54) is 12.1 Å². The summed E-state index contributed by atoms with van der Waals surface area (Å²) in [7, 11) is 0. The molecule has 1 fully saturated rings. The quantitative estimate of drug-likeness (QED) is 0.652. The molecule has 136 valence electrons. The van der Waals surface area contributed by atoms with Gasteiger partial charge >= 0.3 is 5.97 Å². The summed E-state index contributed by atoms with van der Waals surface area (Å²) < 4.78 is 18.3. The molecule has 2 aromatic rings. The number of imide groups is 1. The number of hydrazone groups is 1. The van der Waals surface area contributed by atoms with Gasteiger partial charge in [-0.2, -0.15) is 5.10 Å². The lowest BCUT2D eigenvalue weighted by molar-refractivity contribution is -0.137. The van der Waals surface area contributed by atoms with Crippen LogP contribution < -0.4 is 10.3 Å². The lowest BCUT2D eigenvalue weighted by Crippen LogP contribution is -2.36. The minimum Gasteiger partial charge on any atom is -0.456 e. The van der Waals surface area contributed by atoms with Gasteiger partial charge in [0, 0.05) is 0 Å². The Morgan fingerprint density at radius 3 is 2.48 bits per heavy atom. The third-order valence-corrected chi connectivity index (χ3v) is 4.43. The second kappa shape index (κ2) is 6.64. The van der Waals surface area contributed by atoms with Crippen LogP contribution in [0.1, 0.15) is 5.56 Å². The molecule has 0 unspecified atom stereocenters. The molecule has 27 heavy (non-hydrogen) atoms.